The molecular formula is C16H13FN2OS. The van der Waals surface area contributed by atoms with E-state index in [1.165, 1.54) is 29.5 Å². The van der Waals surface area contributed by atoms with E-state index in [4.69, 9.17) is 0 Å². The number of fused-ring (bicyclic) bond motifs is 1. The summed E-state index contributed by atoms with van der Waals surface area (Å²) in [6.07, 6.45) is 0. The number of aryl methyl sites for hydroxylation is 2. The van der Waals surface area contributed by atoms with Gasteiger partial charge in [0.05, 0.1) is 10.2 Å². The van der Waals surface area contributed by atoms with Crippen molar-refractivity contribution in [1.82, 2.24) is 4.98 Å². The number of rotatable bonds is 2. The van der Waals surface area contributed by atoms with Crippen molar-refractivity contribution in [3.05, 3.63) is 58.9 Å². The highest BCUT2D eigenvalue weighted by atomic mass is 32.1. The molecular weight excluding hydrogens is 287 g/mol. The molecule has 0 saturated heterocycles. The minimum absolute atomic E-state index is 0.275. The Morgan fingerprint density at radius 3 is 2.76 bits per heavy atom. The average Bonchev–Trinajstić information content (AvgIpc) is 2.79. The lowest BCUT2D eigenvalue weighted by atomic mass is 10.1. The standard InChI is InChI=1S/C16H13FN2OS/c1-9-3-6-13-14(7-9)21-16(18-13)19-15(20)12-5-4-11(17)8-10(12)2/h3-8H,1-2H3,(H,18,19,20). The SMILES string of the molecule is Cc1ccc2nc(NC(=O)c3ccc(F)cc3C)sc2c1. The zero-order chi connectivity index (χ0) is 15.0. The van der Waals surface area contributed by atoms with Gasteiger partial charge in [0.15, 0.2) is 5.13 Å². The van der Waals surface area contributed by atoms with E-state index in [-0.39, 0.29) is 11.7 Å². The van der Waals surface area contributed by atoms with Crippen molar-refractivity contribution < 1.29 is 9.18 Å². The second-order valence-corrected chi connectivity index (χ2v) is 5.93. The maximum absolute atomic E-state index is 13.1. The van der Waals surface area contributed by atoms with Crippen molar-refractivity contribution in [2.75, 3.05) is 5.32 Å². The number of anilines is 1. The van der Waals surface area contributed by atoms with Gasteiger partial charge in [-0.15, -0.1) is 0 Å². The van der Waals surface area contributed by atoms with E-state index in [1.54, 1.807) is 6.92 Å². The molecule has 0 atom stereocenters. The smallest absolute Gasteiger partial charge is 0.257 e. The lowest BCUT2D eigenvalue weighted by Gasteiger charge is -2.05. The Morgan fingerprint density at radius 2 is 2.00 bits per heavy atom. The van der Waals surface area contributed by atoms with Gasteiger partial charge in [0.1, 0.15) is 5.82 Å². The third kappa shape index (κ3) is 2.78. The number of amides is 1. The minimum atomic E-state index is -0.348. The number of benzene rings is 2. The molecule has 0 aliphatic rings. The summed E-state index contributed by atoms with van der Waals surface area (Å²) < 4.78 is 14.1. The van der Waals surface area contributed by atoms with Crippen molar-refractivity contribution in [2.24, 2.45) is 0 Å². The van der Waals surface area contributed by atoms with Crippen LogP contribution in [0.25, 0.3) is 10.2 Å². The summed E-state index contributed by atoms with van der Waals surface area (Å²) >= 11 is 1.43. The van der Waals surface area contributed by atoms with Crippen LogP contribution in [0, 0.1) is 19.7 Å². The molecule has 1 N–H and O–H groups in total. The predicted octanol–water partition coefficient (Wildman–Crippen LogP) is 4.30. The summed E-state index contributed by atoms with van der Waals surface area (Å²) in [4.78, 5) is 16.6. The highest BCUT2D eigenvalue weighted by molar-refractivity contribution is 7.22. The molecule has 1 amide bonds. The van der Waals surface area contributed by atoms with E-state index in [0.717, 1.165) is 15.8 Å². The van der Waals surface area contributed by atoms with Crippen LogP contribution in [-0.4, -0.2) is 10.9 Å². The highest BCUT2D eigenvalue weighted by Gasteiger charge is 2.12. The first-order valence-corrected chi connectivity index (χ1v) is 7.29. The van der Waals surface area contributed by atoms with Gasteiger partial charge in [0, 0.05) is 5.56 Å². The zero-order valence-electron chi connectivity index (χ0n) is 11.6. The molecule has 0 radical (unpaired) electrons. The molecule has 0 unspecified atom stereocenters. The molecule has 1 heterocycles. The van der Waals surface area contributed by atoms with Crippen molar-refractivity contribution in [3.63, 3.8) is 0 Å². The third-order valence-electron chi connectivity index (χ3n) is 3.20. The van der Waals surface area contributed by atoms with Crippen molar-refractivity contribution >= 4 is 32.6 Å². The van der Waals surface area contributed by atoms with Gasteiger partial charge in [-0.1, -0.05) is 17.4 Å². The van der Waals surface area contributed by atoms with Crippen LogP contribution in [0.15, 0.2) is 36.4 Å². The Bertz CT molecular complexity index is 841. The van der Waals surface area contributed by atoms with Crippen molar-refractivity contribution in [2.45, 2.75) is 13.8 Å². The fourth-order valence-corrected chi connectivity index (χ4v) is 3.09. The molecule has 21 heavy (non-hydrogen) atoms. The molecule has 2 aromatic carbocycles. The summed E-state index contributed by atoms with van der Waals surface area (Å²) in [5.41, 5.74) is 3.06. The van der Waals surface area contributed by atoms with Crippen LogP contribution in [0.1, 0.15) is 21.5 Å². The number of carbonyl (C=O) groups excluding carboxylic acids is 1. The summed E-state index contributed by atoms with van der Waals surface area (Å²) in [6.45, 7) is 3.72. The number of halogens is 1. The van der Waals surface area contributed by atoms with Gasteiger partial charge >= 0.3 is 0 Å². The molecule has 0 aliphatic carbocycles. The van der Waals surface area contributed by atoms with Gasteiger partial charge in [-0.05, 0) is 55.3 Å². The number of nitrogens with zero attached hydrogens (tertiary/aromatic N) is 1. The van der Waals surface area contributed by atoms with E-state index in [2.05, 4.69) is 10.3 Å². The number of hydrogen-bond donors (Lipinski definition) is 1. The van der Waals surface area contributed by atoms with Crippen LogP contribution in [0.4, 0.5) is 9.52 Å². The monoisotopic (exact) mass is 300 g/mol. The van der Waals surface area contributed by atoms with E-state index in [0.29, 0.717) is 16.3 Å². The Kier molecular flexibility index (Phi) is 3.43. The molecule has 5 heteroatoms. The quantitative estimate of drug-likeness (QED) is 0.766. The van der Waals surface area contributed by atoms with Crippen molar-refractivity contribution in [1.29, 1.82) is 0 Å². The van der Waals surface area contributed by atoms with E-state index in [9.17, 15) is 9.18 Å². The van der Waals surface area contributed by atoms with Crippen molar-refractivity contribution in [3.8, 4) is 0 Å². The Balaban J connectivity index is 1.89. The maximum atomic E-state index is 13.1. The zero-order valence-corrected chi connectivity index (χ0v) is 12.4. The van der Waals surface area contributed by atoms with Gasteiger partial charge in [-0.2, -0.15) is 0 Å². The molecule has 3 rings (SSSR count). The number of thiazole rings is 1. The largest absolute Gasteiger partial charge is 0.298 e. The lowest BCUT2D eigenvalue weighted by molar-refractivity contribution is 0.102. The van der Waals surface area contributed by atoms with E-state index >= 15 is 0 Å². The van der Waals surface area contributed by atoms with Crippen LogP contribution in [-0.2, 0) is 0 Å². The normalized spacial score (nSPS) is 10.8. The molecule has 0 spiro atoms. The predicted molar refractivity (Wildman–Crippen MR) is 83.4 cm³/mol. The summed E-state index contributed by atoms with van der Waals surface area (Å²) in [7, 11) is 0. The number of carbonyl (C=O) groups is 1. The Labute approximate surface area is 125 Å². The van der Waals surface area contributed by atoms with Gasteiger partial charge in [0.25, 0.3) is 5.91 Å². The van der Waals surface area contributed by atoms with Crippen LogP contribution < -0.4 is 5.32 Å². The number of hydrogen-bond acceptors (Lipinski definition) is 3. The van der Waals surface area contributed by atoms with Gasteiger partial charge in [-0.25, -0.2) is 9.37 Å². The minimum Gasteiger partial charge on any atom is -0.298 e. The molecule has 0 aliphatic heterocycles. The fraction of sp³-hybridized carbons (Fsp3) is 0.125. The third-order valence-corrected chi connectivity index (χ3v) is 4.13. The highest BCUT2D eigenvalue weighted by Crippen LogP contribution is 2.27. The van der Waals surface area contributed by atoms with E-state index in [1.807, 2.05) is 25.1 Å². The Hall–Kier alpha value is -2.27. The molecule has 0 bridgehead atoms. The molecule has 106 valence electrons. The number of nitrogens with one attached hydrogen (secondary N) is 1. The number of aromatic nitrogens is 1. The topological polar surface area (TPSA) is 42.0 Å². The summed E-state index contributed by atoms with van der Waals surface area (Å²) in [5.74, 6) is -0.622. The summed E-state index contributed by atoms with van der Waals surface area (Å²) in [5, 5.41) is 3.32. The average molecular weight is 300 g/mol. The van der Waals surface area contributed by atoms with Crippen LogP contribution >= 0.6 is 11.3 Å². The van der Waals surface area contributed by atoms with Crippen LogP contribution in [0.5, 0.6) is 0 Å². The first-order valence-electron chi connectivity index (χ1n) is 6.47. The first kappa shape index (κ1) is 13.7. The molecule has 3 aromatic rings. The molecule has 3 nitrogen and oxygen atoms in total. The first-order chi connectivity index (χ1) is 10.0. The van der Waals surface area contributed by atoms with Crippen LogP contribution in [0.2, 0.25) is 0 Å². The Morgan fingerprint density at radius 1 is 1.19 bits per heavy atom. The van der Waals surface area contributed by atoms with Gasteiger partial charge < -0.3 is 0 Å². The second-order valence-electron chi connectivity index (χ2n) is 4.90. The fourth-order valence-electron chi connectivity index (χ4n) is 2.13. The molecule has 0 saturated carbocycles. The summed E-state index contributed by atoms with van der Waals surface area (Å²) in [6, 6.07) is 10.1. The molecule has 1 aromatic heterocycles. The second kappa shape index (κ2) is 5.26. The van der Waals surface area contributed by atoms with E-state index < -0.39 is 0 Å². The van der Waals surface area contributed by atoms with Crippen LogP contribution in [0.3, 0.4) is 0 Å². The molecule has 0 fully saturated rings. The van der Waals surface area contributed by atoms with Gasteiger partial charge in [0.2, 0.25) is 0 Å². The maximum Gasteiger partial charge on any atom is 0.257 e. The lowest BCUT2D eigenvalue weighted by Crippen LogP contribution is -2.13. The van der Waals surface area contributed by atoms with Gasteiger partial charge in [-0.3, -0.25) is 10.1 Å².